The van der Waals surface area contributed by atoms with Crippen molar-refractivity contribution in [3.05, 3.63) is 64.7 Å². The van der Waals surface area contributed by atoms with E-state index in [4.69, 9.17) is 16.4 Å². The molecule has 2 aromatic carbocycles. The van der Waals surface area contributed by atoms with Gasteiger partial charge in [-0.15, -0.1) is 0 Å². The van der Waals surface area contributed by atoms with Gasteiger partial charge in [0.2, 0.25) is 0 Å². The van der Waals surface area contributed by atoms with Crippen molar-refractivity contribution in [3.8, 4) is 0 Å². The van der Waals surface area contributed by atoms with Crippen LogP contribution < -0.4 is 4.72 Å². The molecule has 0 heterocycles. The first kappa shape index (κ1) is 21.0. The zero-order chi connectivity index (χ0) is 20.2. The van der Waals surface area contributed by atoms with Crippen LogP contribution in [-0.4, -0.2) is 19.6 Å². The molecule has 1 unspecified atom stereocenters. The van der Waals surface area contributed by atoms with Gasteiger partial charge in [0, 0.05) is 10.6 Å². The van der Waals surface area contributed by atoms with E-state index in [-0.39, 0.29) is 22.0 Å². The average molecular weight is 421 g/mol. The number of anilines is 1. The molecule has 0 fully saturated rings. The molecule has 5 nitrogen and oxygen atoms in total. The zero-order valence-electron chi connectivity index (χ0n) is 14.3. The third-order valence-electron chi connectivity index (χ3n) is 3.54. The van der Waals surface area contributed by atoms with Crippen LogP contribution >= 0.6 is 11.6 Å². The van der Waals surface area contributed by atoms with Crippen molar-refractivity contribution in [2.75, 3.05) is 4.72 Å². The summed E-state index contributed by atoms with van der Waals surface area (Å²) in [5.41, 5.74) is -4.70. The summed E-state index contributed by atoms with van der Waals surface area (Å²) in [7, 11) is -5.58. The highest BCUT2D eigenvalue weighted by molar-refractivity contribution is 7.93. The number of hydrogen-bond acceptors (Lipinski definition) is 4. The van der Waals surface area contributed by atoms with Crippen LogP contribution in [0.1, 0.15) is 31.1 Å². The molecule has 27 heavy (non-hydrogen) atoms. The Hall–Kier alpha value is -2.26. The van der Waals surface area contributed by atoms with E-state index in [1.807, 2.05) is 30.3 Å². The van der Waals surface area contributed by atoms with Crippen molar-refractivity contribution >= 4 is 33.0 Å². The molecule has 0 bridgehead atoms. The van der Waals surface area contributed by atoms with Crippen molar-refractivity contribution in [1.82, 2.24) is 0 Å². The third-order valence-corrected chi connectivity index (χ3v) is 4.87. The number of nitrogens with zero attached hydrogens (tertiary/aromatic N) is 1. The number of hydrogen-bond donors (Lipinski definition) is 1. The minimum atomic E-state index is -5.58. The summed E-state index contributed by atoms with van der Waals surface area (Å²) in [5, 5.41) is 4.11. The monoisotopic (exact) mass is 420 g/mol. The molecular formula is C17H16ClF3N2O3S. The second-order valence-corrected chi connectivity index (χ2v) is 7.69. The topological polar surface area (TPSA) is 67.8 Å². The Labute approximate surface area is 159 Å². The van der Waals surface area contributed by atoms with Crippen LogP contribution in [0.5, 0.6) is 0 Å². The summed E-state index contributed by atoms with van der Waals surface area (Å²) in [6.45, 7) is 3.21. The third kappa shape index (κ3) is 5.36. The van der Waals surface area contributed by atoms with Crippen molar-refractivity contribution in [2.45, 2.75) is 25.5 Å². The maximum Gasteiger partial charge on any atom is 0.516 e. The van der Waals surface area contributed by atoms with Crippen LogP contribution in [0.4, 0.5) is 18.9 Å². The first-order valence-corrected chi connectivity index (χ1v) is 9.52. The van der Waals surface area contributed by atoms with Crippen LogP contribution in [0.2, 0.25) is 5.02 Å². The standard InChI is InChI=1S/C17H16ClF3N2O3S/c1-11(22-26-12(2)13-6-4-3-5-7-13)15-10-14(18)8-9-16(15)23-27(24,25)17(19,20)21/h3-10,12,23H,1-2H3/b22-11+. The Morgan fingerprint density at radius 2 is 1.81 bits per heavy atom. The predicted molar refractivity (Wildman–Crippen MR) is 98.2 cm³/mol. The lowest BCUT2D eigenvalue weighted by molar-refractivity contribution is -0.0429. The van der Waals surface area contributed by atoms with E-state index in [0.29, 0.717) is 0 Å². The Morgan fingerprint density at radius 1 is 1.19 bits per heavy atom. The molecular weight excluding hydrogens is 405 g/mol. The second-order valence-electron chi connectivity index (χ2n) is 5.58. The van der Waals surface area contributed by atoms with E-state index in [1.54, 1.807) is 6.92 Å². The van der Waals surface area contributed by atoms with Gasteiger partial charge >= 0.3 is 15.5 Å². The Kier molecular flexibility index (Phi) is 6.38. The Bertz CT molecular complexity index is 932. The molecule has 0 amide bonds. The highest BCUT2D eigenvalue weighted by Crippen LogP contribution is 2.29. The lowest BCUT2D eigenvalue weighted by Gasteiger charge is -2.15. The van der Waals surface area contributed by atoms with Gasteiger partial charge in [0.25, 0.3) is 0 Å². The number of oxime groups is 1. The van der Waals surface area contributed by atoms with E-state index in [0.717, 1.165) is 11.6 Å². The molecule has 2 rings (SSSR count). The van der Waals surface area contributed by atoms with Gasteiger partial charge < -0.3 is 4.84 Å². The fourth-order valence-electron chi connectivity index (χ4n) is 2.10. The lowest BCUT2D eigenvalue weighted by Crippen LogP contribution is -2.30. The molecule has 0 aliphatic carbocycles. The maximum atomic E-state index is 12.6. The number of nitrogens with one attached hydrogen (secondary N) is 1. The smallest absolute Gasteiger partial charge is 0.388 e. The first-order chi connectivity index (χ1) is 12.5. The summed E-state index contributed by atoms with van der Waals surface area (Å²) >= 11 is 5.89. The number of rotatable bonds is 6. The van der Waals surface area contributed by atoms with E-state index in [9.17, 15) is 21.6 Å². The first-order valence-electron chi connectivity index (χ1n) is 7.65. The Morgan fingerprint density at radius 3 is 2.41 bits per heavy atom. The zero-order valence-corrected chi connectivity index (χ0v) is 15.9. The fraction of sp³-hybridized carbons (Fsp3) is 0.235. The van der Waals surface area contributed by atoms with E-state index in [2.05, 4.69) is 5.16 Å². The van der Waals surface area contributed by atoms with Gasteiger partial charge in [0.05, 0.1) is 11.4 Å². The van der Waals surface area contributed by atoms with Gasteiger partial charge in [0.15, 0.2) is 0 Å². The molecule has 10 heteroatoms. The molecule has 0 saturated carbocycles. The van der Waals surface area contributed by atoms with Gasteiger partial charge in [-0.05, 0) is 37.6 Å². The SMILES string of the molecule is C/C(=N\OC(C)c1ccccc1)c1cc(Cl)ccc1NS(=O)(=O)C(F)(F)F. The molecule has 0 radical (unpaired) electrons. The normalized spacial score (nSPS) is 13.9. The van der Waals surface area contributed by atoms with Crippen molar-refractivity contribution in [3.63, 3.8) is 0 Å². The van der Waals surface area contributed by atoms with Gasteiger partial charge in [0.1, 0.15) is 6.10 Å². The summed E-state index contributed by atoms with van der Waals surface area (Å²) < 4.78 is 62.2. The van der Waals surface area contributed by atoms with Crippen molar-refractivity contribution < 1.29 is 26.4 Å². The molecule has 0 aliphatic rings. The van der Waals surface area contributed by atoms with E-state index in [1.165, 1.54) is 23.8 Å². The van der Waals surface area contributed by atoms with Gasteiger partial charge in [-0.2, -0.15) is 21.6 Å². The maximum absolute atomic E-state index is 12.6. The molecule has 1 atom stereocenters. The predicted octanol–water partition coefficient (Wildman–Crippen LogP) is 5.10. The second kappa shape index (κ2) is 8.18. The number of sulfonamides is 1. The molecule has 0 spiro atoms. The van der Waals surface area contributed by atoms with Crippen molar-refractivity contribution in [1.29, 1.82) is 0 Å². The molecule has 2 aromatic rings. The number of benzene rings is 2. The summed E-state index contributed by atoms with van der Waals surface area (Å²) in [6.07, 6.45) is -0.421. The average Bonchev–Trinajstić information content (AvgIpc) is 2.60. The van der Waals surface area contributed by atoms with E-state index >= 15 is 0 Å². The number of halogens is 4. The highest BCUT2D eigenvalue weighted by Gasteiger charge is 2.46. The Balaban J connectivity index is 2.30. The van der Waals surface area contributed by atoms with Crippen LogP contribution in [0.25, 0.3) is 0 Å². The quantitative estimate of drug-likeness (QED) is 0.522. The van der Waals surface area contributed by atoms with E-state index < -0.39 is 21.6 Å². The van der Waals surface area contributed by atoms with Gasteiger partial charge in [-0.3, -0.25) is 4.72 Å². The van der Waals surface area contributed by atoms with Crippen LogP contribution in [0.15, 0.2) is 53.7 Å². The number of alkyl halides is 3. The molecule has 0 aliphatic heterocycles. The highest BCUT2D eigenvalue weighted by atomic mass is 35.5. The van der Waals surface area contributed by atoms with Gasteiger partial charge in [-0.1, -0.05) is 47.1 Å². The van der Waals surface area contributed by atoms with Crippen LogP contribution in [-0.2, 0) is 14.9 Å². The van der Waals surface area contributed by atoms with Crippen LogP contribution in [0.3, 0.4) is 0 Å². The molecule has 0 saturated heterocycles. The fourth-order valence-corrected chi connectivity index (χ4v) is 2.85. The molecule has 1 N–H and O–H groups in total. The molecule has 0 aromatic heterocycles. The van der Waals surface area contributed by atoms with Crippen molar-refractivity contribution in [2.24, 2.45) is 5.16 Å². The minimum Gasteiger partial charge on any atom is -0.388 e. The summed E-state index contributed by atoms with van der Waals surface area (Å²) in [6, 6.07) is 12.8. The lowest BCUT2D eigenvalue weighted by atomic mass is 10.1. The summed E-state index contributed by atoms with van der Waals surface area (Å²) in [4.78, 5) is 5.38. The van der Waals surface area contributed by atoms with Crippen LogP contribution in [0, 0.1) is 0 Å². The minimum absolute atomic E-state index is 0.0654. The van der Waals surface area contributed by atoms with Gasteiger partial charge in [-0.25, -0.2) is 0 Å². The summed E-state index contributed by atoms with van der Waals surface area (Å²) in [5.74, 6) is 0. The molecule has 146 valence electrons. The largest absolute Gasteiger partial charge is 0.516 e.